The Balaban J connectivity index is 3.04. The van der Waals surface area contributed by atoms with Gasteiger partial charge in [0, 0.05) is 19.3 Å². The number of rotatable bonds is 4. The number of carboxylic acid groups (broad SMARTS) is 1. The van der Waals surface area contributed by atoms with Gasteiger partial charge in [-0.15, -0.1) is 0 Å². The van der Waals surface area contributed by atoms with Gasteiger partial charge in [0.2, 0.25) is 0 Å². The Labute approximate surface area is 104 Å². The molecule has 90 valence electrons. The third-order valence-electron chi connectivity index (χ3n) is 2.48. The molecule has 1 N–H and O–H groups in total. The van der Waals surface area contributed by atoms with Gasteiger partial charge in [-0.2, -0.15) is 5.26 Å². The van der Waals surface area contributed by atoms with Crippen molar-refractivity contribution in [3.8, 4) is 6.07 Å². The van der Waals surface area contributed by atoms with E-state index in [2.05, 4.69) is 11.1 Å². The maximum Gasteiger partial charge on any atom is 0.337 e. The van der Waals surface area contributed by atoms with E-state index in [0.717, 1.165) is 0 Å². The van der Waals surface area contributed by atoms with Gasteiger partial charge in [0.05, 0.1) is 23.1 Å². The molecule has 0 aromatic carbocycles. The fraction of sp³-hybridized carbons (Fsp3) is 0.364. The first-order chi connectivity index (χ1) is 7.97. The van der Waals surface area contributed by atoms with Gasteiger partial charge in [-0.1, -0.05) is 11.6 Å². The molecular weight excluding hydrogens is 242 g/mol. The summed E-state index contributed by atoms with van der Waals surface area (Å²) in [5.74, 6) is -0.616. The molecule has 1 aromatic heterocycles. The van der Waals surface area contributed by atoms with Gasteiger partial charge in [-0.25, -0.2) is 9.78 Å². The van der Waals surface area contributed by atoms with Crippen LogP contribution in [0.5, 0.6) is 0 Å². The van der Waals surface area contributed by atoms with Crippen LogP contribution in [0.4, 0.5) is 5.82 Å². The predicted octanol–water partition coefficient (Wildman–Crippen LogP) is 2.17. The lowest BCUT2D eigenvalue weighted by atomic mass is 10.2. The lowest BCUT2D eigenvalue weighted by molar-refractivity contribution is 0.0697. The van der Waals surface area contributed by atoms with E-state index in [9.17, 15) is 4.79 Å². The van der Waals surface area contributed by atoms with Gasteiger partial charge >= 0.3 is 5.97 Å². The highest BCUT2D eigenvalue weighted by molar-refractivity contribution is 6.33. The molecule has 0 radical (unpaired) electrons. The summed E-state index contributed by atoms with van der Waals surface area (Å²) in [5, 5.41) is 17.6. The molecule has 1 atom stereocenters. The maximum absolute atomic E-state index is 10.9. The highest BCUT2D eigenvalue weighted by Gasteiger charge is 2.15. The second kappa shape index (κ2) is 5.51. The van der Waals surface area contributed by atoms with Crippen molar-refractivity contribution >= 4 is 23.4 Å². The Morgan fingerprint density at radius 3 is 2.94 bits per heavy atom. The fourth-order valence-corrected chi connectivity index (χ4v) is 1.46. The summed E-state index contributed by atoms with van der Waals surface area (Å²) in [6.07, 6.45) is 1.64. The van der Waals surface area contributed by atoms with Crippen LogP contribution in [0.1, 0.15) is 23.7 Å². The first-order valence-corrected chi connectivity index (χ1v) is 5.33. The van der Waals surface area contributed by atoms with Gasteiger partial charge in [0.1, 0.15) is 5.82 Å². The van der Waals surface area contributed by atoms with E-state index >= 15 is 0 Å². The average molecular weight is 254 g/mol. The Morgan fingerprint density at radius 1 is 1.76 bits per heavy atom. The standard InChI is InChI=1S/C11H12ClN3O2/c1-7(3-4-13)15(2)10-5-8(11(16)17)9(12)6-14-10/h5-7H,3H2,1-2H3,(H,16,17). The zero-order valence-electron chi connectivity index (χ0n) is 9.51. The van der Waals surface area contributed by atoms with Crippen molar-refractivity contribution < 1.29 is 9.90 Å². The molecule has 0 spiro atoms. The lowest BCUT2D eigenvalue weighted by Gasteiger charge is -2.24. The number of nitriles is 1. The minimum absolute atomic E-state index is 0.00711. The van der Waals surface area contributed by atoms with E-state index < -0.39 is 5.97 Å². The molecule has 0 bridgehead atoms. The normalized spacial score (nSPS) is 11.6. The van der Waals surface area contributed by atoms with Crippen LogP contribution in [0.3, 0.4) is 0 Å². The van der Waals surface area contributed by atoms with Crippen molar-refractivity contribution in [2.24, 2.45) is 0 Å². The van der Waals surface area contributed by atoms with Crippen LogP contribution in [0.25, 0.3) is 0 Å². The number of nitrogens with zero attached hydrogens (tertiary/aromatic N) is 3. The summed E-state index contributed by atoms with van der Waals surface area (Å²) < 4.78 is 0. The second-order valence-corrected chi connectivity index (χ2v) is 4.06. The monoisotopic (exact) mass is 253 g/mol. The predicted molar refractivity (Wildman–Crippen MR) is 64.3 cm³/mol. The van der Waals surface area contributed by atoms with E-state index in [-0.39, 0.29) is 16.6 Å². The van der Waals surface area contributed by atoms with Crippen LogP contribution < -0.4 is 4.90 Å². The molecule has 5 nitrogen and oxygen atoms in total. The number of hydrogen-bond donors (Lipinski definition) is 1. The summed E-state index contributed by atoms with van der Waals surface area (Å²) >= 11 is 5.72. The SMILES string of the molecule is CC(CC#N)N(C)c1cc(C(=O)O)c(Cl)cn1. The van der Waals surface area contributed by atoms with Crippen LogP contribution in [-0.2, 0) is 0 Å². The van der Waals surface area contributed by atoms with Crippen LogP contribution in [0.15, 0.2) is 12.3 Å². The number of carbonyl (C=O) groups is 1. The molecule has 0 amide bonds. The summed E-state index contributed by atoms with van der Waals surface area (Å²) in [5.41, 5.74) is 0.00711. The van der Waals surface area contributed by atoms with E-state index in [1.54, 1.807) is 11.9 Å². The van der Waals surface area contributed by atoms with Crippen molar-refractivity contribution in [1.82, 2.24) is 4.98 Å². The molecule has 0 saturated carbocycles. The van der Waals surface area contributed by atoms with Gasteiger partial charge in [-0.05, 0) is 13.0 Å². The van der Waals surface area contributed by atoms with Crippen molar-refractivity contribution in [1.29, 1.82) is 5.26 Å². The average Bonchev–Trinajstić information content (AvgIpc) is 2.28. The fourth-order valence-electron chi connectivity index (χ4n) is 1.28. The Bertz CT molecular complexity index is 470. The van der Waals surface area contributed by atoms with Crippen LogP contribution in [0.2, 0.25) is 5.02 Å². The zero-order chi connectivity index (χ0) is 13.0. The lowest BCUT2D eigenvalue weighted by Crippen LogP contribution is -2.29. The Hall–Kier alpha value is -1.80. The molecule has 0 aliphatic rings. The Kier molecular flexibility index (Phi) is 4.30. The van der Waals surface area contributed by atoms with E-state index in [1.807, 2.05) is 6.92 Å². The summed E-state index contributed by atoms with van der Waals surface area (Å²) in [6.45, 7) is 1.86. The molecule has 0 aliphatic heterocycles. The smallest absolute Gasteiger partial charge is 0.337 e. The van der Waals surface area contributed by atoms with Crippen molar-refractivity contribution in [3.05, 3.63) is 22.8 Å². The number of halogens is 1. The van der Waals surface area contributed by atoms with Crippen molar-refractivity contribution in [3.63, 3.8) is 0 Å². The van der Waals surface area contributed by atoms with Crippen molar-refractivity contribution in [2.45, 2.75) is 19.4 Å². The molecule has 1 rings (SSSR count). The molecular formula is C11H12ClN3O2. The minimum Gasteiger partial charge on any atom is -0.478 e. The number of carboxylic acids is 1. The van der Waals surface area contributed by atoms with Gasteiger partial charge in [0.25, 0.3) is 0 Å². The summed E-state index contributed by atoms with van der Waals surface area (Å²) in [6, 6.07) is 3.41. The molecule has 0 aliphatic carbocycles. The second-order valence-electron chi connectivity index (χ2n) is 3.65. The quantitative estimate of drug-likeness (QED) is 0.890. The van der Waals surface area contributed by atoms with E-state index in [1.165, 1.54) is 12.3 Å². The molecule has 1 unspecified atom stereocenters. The van der Waals surface area contributed by atoms with Crippen LogP contribution in [-0.4, -0.2) is 29.1 Å². The van der Waals surface area contributed by atoms with Gasteiger partial charge in [0.15, 0.2) is 0 Å². The molecule has 0 fully saturated rings. The minimum atomic E-state index is -1.10. The Morgan fingerprint density at radius 2 is 2.41 bits per heavy atom. The number of hydrogen-bond acceptors (Lipinski definition) is 4. The third-order valence-corrected chi connectivity index (χ3v) is 2.78. The molecule has 1 heterocycles. The number of anilines is 1. The molecule has 17 heavy (non-hydrogen) atoms. The summed E-state index contributed by atoms with van der Waals surface area (Å²) in [7, 11) is 1.75. The van der Waals surface area contributed by atoms with Gasteiger partial charge < -0.3 is 10.0 Å². The molecule has 0 saturated heterocycles. The van der Waals surface area contributed by atoms with Crippen LogP contribution in [0, 0.1) is 11.3 Å². The number of aromatic carboxylic acids is 1. The van der Waals surface area contributed by atoms with E-state index in [4.69, 9.17) is 22.0 Å². The van der Waals surface area contributed by atoms with E-state index in [0.29, 0.717) is 12.2 Å². The zero-order valence-corrected chi connectivity index (χ0v) is 10.3. The summed E-state index contributed by atoms with van der Waals surface area (Å²) in [4.78, 5) is 16.7. The highest BCUT2D eigenvalue weighted by Crippen LogP contribution is 2.21. The third kappa shape index (κ3) is 3.08. The topological polar surface area (TPSA) is 77.2 Å². The first-order valence-electron chi connectivity index (χ1n) is 4.96. The number of aromatic nitrogens is 1. The molecule has 6 heteroatoms. The van der Waals surface area contributed by atoms with Crippen LogP contribution >= 0.6 is 11.6 Å². The van der Waals surface area contributed by atoms with Gasteiger partial charge in [-0.3, -0.25) is 0 Å². The number of pyridine rings is 1. The first kappa shape index (κ1) is 13.3. The molecule has 1 aromatic rings. The highest BCUT2D eigenvalue weighted by atomic mass is 35.5. The largest absolute Gasteiger partial charge is 0.478 e. The maximum atomic E-state index is 10.9. The van der Waals surface area contributed by atoms with Crippen molar-refractivity contribution in [2.75, 3.05) is 11.9 Å².